The van der Waals surface area contributed by atoms with Crippen molar-refractivity contribution in [3.63, 3.8) is 0 Å². The van der Waals surface area contributed by atoms with Gasteiger partial charge in [0, 0.05) is 5.41 Å². The van der Waals surface area contributed by atoms with Crippen molar-refractivity contribution in [1.82, 2.24) is 0 Å². The Morgan fingerprint density at radius 1 is 0.762 bits per heavy atom. The molecule has 0 aliphatic heterocycles. The van der Waals surface area contributed by atoms with E-state index in [1.165, 1.54) is 24.0 Å². The second-order valence-electron chi connectivity index (χ2n) is 6.54. The second-order valence-corrected chi connectivity index (χ2v) is 6.54. The van der Waals surface area contributed by atoms with E-state index >= 15 is 0 Å². The number of hydrogen-bond acceptors (Lipinski definition) is 0. The first kappa shape index (κ1) is 17.5. The molecule has 0 fully saturated rings. The highest BCUT2D eigenvalue weighted by atomic mass is 14.2. The highest BCUT2D eigenvalue weighted by Crippen LogP contribution is 2.30. The van der Waals surface area contributed by atoms with Crippen molar-refractivity contribution < 1.29 is 0 Å². The van der Waals surface area contributed by atoms with E-state index in [-0.39, 0.29) is 5.41 Å². The van der Waals surface area contributed by atoms with Crippen LogP contribution >= 0.6 is 0 Å². The van der Waals surface area contributed by atoms with Crippen LogP contribution in [0.1, 0.15) is 58.6 Å². The molecule has 0 heteroatoms. The Hall–Kier alpha value is -1.56. The van der Waals surface area contributed by atoms with Gasteiger partial charge in [-0.25, -0.2) is 0 Å². The predicted molar refractivity (Wildman–Crippen MR) is 94.8 cm³/mol. The summed E-state index contributed by atoms with van der Waals surface area (Å²) in [5, 5.41) is 0. The van der Waals surface area contributed by atoms with Gasteiger partial charge < -0.3 is 0 Å². The Labute approximate surface area is 131 Å². The van der Waals surface area contributed by atoms with Crippen molar-refractivity contribution in [3.8, 4) is 0 Å². The molecule has 0 N–H and O–H groups in total. The van der Waals surface area contributed by atoms with Crippen molar-refractivity contribution in [3.05, 3.63) is 71.8 Å². The van der Waals surface area contributed by atoms with Crippen LogP contribution in [0.5, 0.6) is 0 Å². The molecule has 0 bridgehead atoms. The van der Waals surface area contributed by atoms with Gasteiger partial charge in [0.15, 0.2) is 0 Å². The Morgan fingerprint density at radius 3 is 1.38 bits per heavy atom. The molecule has 0 heterocycles. The molecule has 2 aromatic rings. The summed E-state index contributed by atoms with van der Waals surface area (Å²) in [4.78, 5) is 0. The number of rotatable bonds is 4. The Morgan fingerprint density at radius 2 is 1.14 bits per heavy atom. The maximum Gasteiger partial charge on any atom is 0.0146 e. The van der Waals surface area contributed by atoms with E-state index in [0.717, 1.165) is 5.92 Å². The van der Waals surface area contributed by atoms with Gasteiger partial charge in [0.2, 0.25) is 0 Å². The summed E-state index contributed by atoms with van der Waals surface area (Å²) in [6.45, 7) is 11.3. The van der Waals surface area contributed by atoms with Crippen LogP contribution in [0.25, 0.3) is 0 Å². The highest BCUT2D eigenvalue weighted by Gasteiger charge is 2.21. The molecule has 0 saturated carbocycles. The van der Waals surface area contributed by atoms with E-state index in [0.29, 0.717) is 0 Å². The smallest absolute Gasteiger partial charge is 0.0146 e. The van der Waals surface area contributed by atoms with Crippen molar-refractivity contribution in [2.24, 2.45) is 5.92 Å². The minimum absolute atomic E-state index is 0.0858. The van der Waals surface area contributed by atoms with Gasteiger partial charge in [0.25, 0.3) is 0 Å². The van der Waals surface area contributed by atoms with Crippen LogP contribution in [-0.2, 0) is 5.41 Å². The van der Waals surface area contributed by atoms with Gasteiger partial charge in [0.05, 0.1) is 0 Å². The third kappa shape index (κ3) is 5.75. The zero-order chi connectivity index (χ0) is 15.7. The monoisotopic (exact) mass is 282 g/mol. The summed E-state index contributed by atoms with van der Waals surface area (Å²) < 4.78 is 0. The summed E-state index contributed by atoms with van der Waals surface area (Å²) in [5.41, 5.74) is 2.80. The average molecular weight is 282 g/mol. The minimum atomic E-state index is 0.0858. The van der Waals surface area contributed by atoms with E-state index < -0.39 is 0 Å². The lowest BCUT2D eigenvalue weighted by molar-refractivity contribution is 0.576. The second kappa shape index (κ2) is 8.67. The first-order valence-electron chi connectivity index (χ1n) is 8.09. The van der Waals surface area contributed by atoms with Crippen LogP contribution in [0, 0.1) is 5.92 Å². The van der Waals surface area contributed by atoms with Crippen molar-refractivity contribution in [2.45, 2.75) is 52.9 Å². The number of benzene rings is 2. The van der Waals surface area contributed by atoms with E-state index in [9.17, 15) is 0 Å². The average Bonchev–Trinajstić information content (AvgIpc) is 2.49. The fraction of sp³-hybridized carbons (Fsp3) is 0.429. The number of hydrogen-bond donors (Lipinski definition) is 0. The molecule has 0 aliphatic rings. The lowest BCUT2D eigenvalue weighted by Gasteiger charge is -2.25. The third-order valence-electron chi connectivity index (χ3n) is 3.86. The molecule has 21 heavy (non-hydrogen) atoms. The molecule has 0 radical (unpaired) electrons. The van der Waals surface area contributed by atoms with Gasteiger partial charge in [-0.1, -0.05) is 108 Å². The molecular formula is C21H30. The molecule has 0 spiro atoms. The van der Waals surface area contributed by atoms with Gasteiger partial charge in [0.1, 0.15) is 0 Å². The van der Waals surface area contributed by atoms with Gasteiger partial charge in [-0.3, -0.25) is 0 Å². The van der Waals surface area contributed by atoms with E-state index in [1.54, 1.807) is 0 Å². The molecule has 0 aliphatic carbocycles. The van der Waals surface area contributed by atoms with Crippen LogP contribution < -0.4 is 0 Å². The molecule has 0 atom stereocenters. The zero-order valence-electron chi connectivity index (χ0n) is 14.3. The van der Waals surface area contributed by atoms with Gasteiger partial charge in [-0.2, -0.15) is 0 Å². The largest absolute Gasteiger partial charge is 0.0654 e. The van der Waals surface area contributed by atoms with Crippen molar-refractivity contribution in [2.75, 3.05) is 0 Å². The minimum Gasteiger partial charge on any atom is -0.0654 e. The summed E-state index contributed by atoms with van der Waals surface area (Å²) in [6.07, 6.45) is 2.71. The molecule has 2 rings (SSSR count). The quantitative estimate of drug-likeness (QED) is 0.604. The highest BCUT2D eigenvalue weighted by molar-refractivity contribution is 5.36. The zero-order valence-corrected chi connectivity index (χ0v) is 14.3. The van der Waals surface area contributed by atoms with E-state index in [1.807, 2.05) is 0 Å². The summed E-state index contributed by atoms with van der Waals surface area (Å²) in [6, 6.07) is 21.3. The fourth-order valence-corrected chi connectivity index (χ4v) is 2.45. The molecular weight excluding hydrogens is 252 g/mol. The molecule has 114 valence electrons. The van der Waals surface area contributed by atoms with Crippen molar-refractivity contribution >= 4 is 0 Å². The molecule has 0 unspecified atom stereocenters. The first-order chi connectivity index (χ1) is 9.98. The Bertz CT molecular complexity index is 438. The standard InChI is InChI=1S/C15H16.C6H14/c1-15(2,13-9-5-3-6-10-13)14-11-7-4-8-12-14;1-4-5-6(2)3/h3-12H,1-2H3;6H,4-5H2,1-3H3. The summed E-state index contributed by atoms with van der Waals surface area (Å²) in [5.74, 6) is 0.898. The Kier molecular flexibility index (Phi) is 7.22. The molecule has 2 aromatic carbocycles. The molecule has 0 saturated heterocycles. The lowest BCUT2D eigenvalue weighted by Crippen LogP contribution is -2.18. The van der Waals surface area contributed by atoms with Crippen LogP contribution in [-0.4, -0.2) is 0 Å². The van der Waals surface area contributed by atoms with Gasteiger partial charge in [-0.15, -0.1) is 0 Å². The summed E-state index contributed by atoms with van der Waals surface area (Å²) in [7, 11) is 0. The Balaban J connectivity index is 0.000000315. The van der Waals surface area contributed by atoms with Crippen LogP contribution in [0.3, 0.4) is 0 Å². The third-order valence-corrected chi connectivity index (χ3v) is 3.86. The molecule has 0 aromatic heterocycles. The summed E-state index contributed by atoms with van der Waals surface area (Å²) >= 11 is 0. The van der Waals surface area contributed by atoms with Gasteiger partial charge in [-0.05, 0) is 17.0 Å². The predicted octanol–water partition coefficient (Wildman–Crippen LogP) is 6.46. The molecule has 0 amide bonds. The molecule has 0 nitrogen and oxygen atoms in total. The van der Waals surface area contributed by atoms with E-state index in [2.05, 4.69) is 95.3 Å². The topological polar surface area (TPSA) is 0 Å². The van der Waals surface area contributed by atoms with E-state index in [4.69, 9.17) is 0 Å². The fourth-order valence-electron chi connectivity index (χ4n) is 2.45. The first-order valence-corrected chi connectivity index (χ1v) is 8.09. The van der Waals surface area contributed by atoms with Gasteiger partial charge >= 0.3 is 0 Å². The maximum absolute atomic E-state index is 2.26. The normalized spacial score (nSPS) is 11.0. The lowest BCUT2D eigenvalue weighted by atomic mass is 9.78. The van der Waals surface area contributed by atoms with Crippen LogP contribution in [0.15, 0.2) is 60.7 Å². The van der Waals surface area contributed by atoms with Crippen LogP contribution in [0.2, 0.25) is 0 Å². The van der Waals surface area contributed by atoms with Crippen molar-refractivity contribution in [1.29, 1.82) is 0 Å². The van der Waals surface area contributed by atoms with Crippen LogP contribution in [0.4, 0.5) is 0 Å². The SMILES string of the molecule is CC(C)(c1ccccc1)c1ccccc1.CCCC(C)C. The maximum atomic E-state index is 2.26.